The van der Waals surface area contributed by atoms with Gasteiger partial charge in [-0.15, -0.1) is 0 Å². The van der Waals surface area contributed by atoms with E-state index in [-0.39, 0.29) is 18.4 Å². The highest BCUT2D eigenvalue weighted by Gasteiger charge is 2.67. The summed E-state index contributed by atoms with van der Waals surface area (Å²) in [6.07, 6.45) is 1.52. The number of hydrogen-bond donors (Lipinski definition) is 2. The largest absolute Gasteiger partial charge is 1.00 e. The van der Waals surface area contributed by atoms with Crippen LogP contribution in [0, 0.1) is 9.49 Å². The van der Waals surface area contributed by atoms with Crippen LogP contribution in [0.1, 0.15) is 17.2 Å². The molecule has 0 spiro atoms. The van der Waals surface area contributed by atoms with Gasteiger partial charge in [0.05, 0.1) is 6.04 Å². The number of benzene rings is 1. The summed E-state index contributed by atoms with van der Waals surface area (Å²) in [7, 11) is 0. The van der Waals surface area contributed by atoms with Crippen molar-refractivity contribution in [3.8, 4) is 0 Å². The topological polar surface area (TPSA) is 85.2 Å². The van der Waals surface area contributed by atoms with Crippen molar-refractivity contribution in [2.75, 3.05) is 6.54 Å². The van der Waals surface area contributed by atoms with Gasteiger partial charge in [-0.3, -0.25) is 9.59 Å². The Bertz CT molecular complexity index is 583. The Labute approximate surface area is 136 Å². The Morgan fingerprint density at radius 2 is 2.25 bits per heavy atom. The van der Waals surface area contributed by atoms with Gasteiger partial charge in [0.25, 0.3) is 0 Å². The van der Waals surface area contributed by atoms with Crippen LogP contribution in [-0.4, -0.2) is 34.5 Å². The van der Waals surface area contributed by atoms with Crippen molar-refractivity contribution in [1.82, 2.24) is 4.90 Å². The van der Waals surface area contributed by atoms with Crippen LogP contribution in [0.3, 0.4) is 0 Å². The van der Waals surface area contributed by atoms with Gasteiger partial charge in [0.15, 0.2) is 12.2 Å². The standard InChI is InChI=1S/C13H13IN2O3.ClH/c14-9-3-1-2-8-7(9)4-5-16-11(8)10(12(18)19)13(16,15)6-17;/h1-3,6,10-11H,4-5,15H2,(H,18,19);1H. The molecule has 0 radical (unpaired) electrons. The second-order valence-corrected chi connectivity index (χ2v) is 6.28. The Morgan fingerprint density at radius 1 is 1.55 bits per heavy atom. The number of carbonyl (C=O) groups excluding carboxylic acids is 1. The summed E-state index contributed by atoms with van der Waals surface area (Å²) in [6, 6.07) is 5.71. The molecule has 3 atom stereocenters. The highest BCUT2D eigenvalue weighted by atomic mass is 127. The molecular weight excluding hydrogens is 395 g/mol. The van der Waals surface area contributed by atoms with Crippen molar-refractivity contribution < 1.29 is 32.8 Å². The average molecular weight is 409 g/mol. The lowest BCUT2D eigenvalue weighted by molar-refractivity contribution is -0.545. The van der Waals surface area contributed by atoms with E-state index in [2.05, 4.69) is 28.3 Å². The van der Waals surface area contributed by atoms with Crippen molar-refractivity contribution in [3.05, 3.63) is 32.9 Å². The predicted octanol–water partition coefficient (Wildman–Crippen LogP) is -2.95. The van der Waals surface area contributed by atoms with Crippen LogP contribution < -0.4 is 18.1 Å². The number of nitrogens with zero attached hydrogens (tertiary/aromatic N) is 1. The van der Waals surface area contributed by atoms with Crippen LogP contribution in [0.2, 0.25) is 0 Å². The van der Waals surface area contributed by atoms with Gasteiger partial charge in [0.1, 0.15) is 0 Å². The molecule has 20 heavy (non-hydrogen) atoms. The lowest BCUT2D eigenvalue weighted by atomic mass is 9.68. The summed E-state index contributed by atoms with van der Waals surface area (Å²) in [4.78, 5) is 24.7. The summed E-state index contributed by atoms with van der Waals surface area (Å²) in [5.74, 6) is -1.71. The lowest BCUT2D eigenvalue weighted by Gasteiger charge is -2.57. The van der Waals surface area contributed by atoms with Crippen molar-refractivity contribution in [2.24, 2.45) is 5.92 Å². The fourth-order valence-electron chi connectivity index (χ4n) is 3.34. The average Bonchev–Trinajstić information content (AvgIpc) is 2.37. The van der Waals surface area contributed by atoms with Crippen molar-refractivity contribution in [2.45, 2.75) is 18.1 Å². The Kier molecular flexibility index (Phi) is 4.12. The smallest absolute Gasteiger partial charge is 0.316 e. The monoisotopic (exact) mass is 408 g/mol. The van der Waals surface area contributed by atoms with E-state index >= 15 is 0 Å². The number of carboxylic acid groups (broad SMARTS) is 1. The maximum atomic E-state index is 11.5. The van der Waals surface area contributed by atoms with Crippen molar-refractivity contribution >= 4 is 34.8 Å². The number of fused-ring (bicyclic) bond motifs is 3. The number of aldehydes is 1. The van der Waals surface area contributed by atoms with E-state index in [0.29, 0.717) is 12.8 Å². The minimum Gasteiger partial charge on any atom is -1.00 e. The molecule has 1 fully saturated rings. The molecular formula is C13H14ClIN2O3. The van der Waals surface area contributed by atoms with E-state index < -0.39 is 17.6 Å². The third-order valence-electron chi connectivity index (χ3n) is 4.27. The lowest BCUT2D eigenvalue weighted by Crippen LogP contribution is -3.00. The van der Waals surface area contributed by atoms with E-state index in [1.165, 1.54) is 5.56 Å². The van der Waals surface area contributed by atoms with Gasteiger partial charge in [0, 0.05) is 10.1 Å². The van der Waals surface area contributed by atoms with Gasteiger partial charge >= 0.3 is 5.97 Å². The van der Waals surface area contributed by atoms with Crippen LogP contribution in [0.4, 0.5) is 0 Å². The molecule has 1 aromatic carbocycles. The number of aliphatic carboxylic acids is 1. The zero-order chi connectivity index (χ0) is 13.8. The SMILES string of the molecule is [Cl-].[NH3+]C1(C=O)C(C(=O)O)C2c3cccc(I)c3CCN21. The van der Waals surface area contributed by atoms with Crippen LogP contribution >= 0.6 is 22.6 Å². The van der Waals surface area contributed by atoms with Gasteiger partial charge in [-0.05, 0) is 46.2 Å². The molecule has 108 valence electrons. The Morgan fingerprint density at radius 3 is 2.85 bits per heavy atom. The summed E-state index contributed by atoms with van der Waals surface area (Å²) in [6.45, 7) is 0.684. The first kappa shape index (κ1) is 15.7. The van der Waals surface area contributed by atoms with E-state index in [9.17, 15) is 14.7 Å². The molecule has 0 aromatic heterocycles. The summed E-state index contributed by atoms with van der Waals surface area (Å²) in [5, 5.41) is 9.41. The molecule has 0 saturated carbocycles. The molecule has 2 aliphatic rings. The van der Waals surface area contributed by atoms with Gasteiger partial charge < -0.3 is 23.2 Å². The summed E-state index contributed by atoms with van der Waals surface area (Å²) in [5.41, 5.74) is 4.98. The molecule has 3 unspecified atom stereocenters. The van der Waals surface area contributed by atoms with Crippen molar-refractivity contribution in [3.63, 3.8) is 0 Å². The van der Waals surface area contributed by atoms with Gasteiger partial charge in [-0.1, -0.05) is 12.1 Å². The second-order valence-electron chi connectivity index (χ2n) is 5.12. The second kappa shape index (κ2) is 5.25. The number of quaternary nitrogens is 1. The number of rotatable bonds is 2. The van der Waals surface area contributed by atoms with E-state index in [0.717, 1.165) is 15.6 Å². The fourth-order valence-corrected chi connectivity index (χ4v) is 4.13. The number of carbonyl (C=O) groups is 2. The number of halogens is 2. The Balaban J connectivity index is 0.00000147. The quantitative estimate of drug-likeness (QED) is 0.405. The van der Waals surface area contributed by atoms with Crippen LogP contribution in [0.15, 0.2) is 18.2 Å². The molecule has 2 aliphatic heterocycles. The third-order valence-corrected chi connectivity index (χ3v) is 5.28. The molecule has 1 aromatic rings. The molecule has 3 rings (SSSR count). The molecule has 0 amide bonds. The van der Waals surface area contributed by atoms with Gasteiger partial charge in [0.2, 0.25) is 5.66 Å². The zero-order valence-electron chi connectivity index (χ0n) is 10.6. The zero-order valence-corrected chi connectivity index (χ0v) is 13.5. The predicted molar refractivity (Wildman–Crippen MR) is 75.1 cm³/mol. The highest BCUT2D eigenvalue weighted by Crippen LogP contribution is 2.50. The first-order chi connectivity index (χ1) is 9.00. The van der Waals surface area contributed by atoms with E-state index in [4.69, 9.17) is 0 Å². The molecule has 0 bridgehead atoms. The Hall–Kier alpha value is -0.700. The van der Waals surface area contributed by atoms with E-state index in [1.807, 2.05) is 23.1 Å². The number of carboxylic acids is 1. The van der Waals surface area contributed by atoms with Gasteiger partial charge in [-0.2, -0.15) is 0 Å². The molecule has 2 heterocycles. The molecule has 1 saturated heterocycles. The highest BCUT2D eigenvalue weighted by molar-refractivity contribution is 14.1. The maximum absolute atomic E-state index is 11.5. The minimum atomic E-state index is -1.12. The summed E-state index contributed by atoms with van der Waals surface area (Å²) >= 11 is 2.28. The first-order valence-corrected chi connectivity index (χ1v) is 7.17. The maximum Gasteiger partial charge on any atom is 0.316 e. The molecule has 0 aliphatic carbocycles. The van der Waals surface area contributed by atoms with Gasteiger partial charge in [-0.25, -0.2) is 4.90 Å². The normalized spacial score (nSPS) is 31.3. The van der Waals surface area contributed by atoms with E-state index in [1.54, 1.807) is 0 Å². The third kappa shape index (κ3) is 1.89. The molecule has 7 heteroatoms. The fraction of sp³-hybridized carbons (Fsp3) is 0.385. The minimum absolute atomic E-state index is 0. The number of hydrogen-bond acceptors (Lipinski definition) is 3. The first-order valence-electron chi connectivity index (χ1n) is 6.09. The van der Waals surface area contributed by atoms with Crippen LogP contribution in [0.5, 0.6) is 0 Å². The summed E-state index contributed by atoms with van der Waals surface area (Å²) < 4.78 is 1.16. The van der Waals surface area contributed by atoms with Crippen LogP contribution in [-0.2, 0) is 16.0 Å². The van der Waals surface area contributed by atoms with Crippen molar-refractivity contribution in [1.29, 1.82) is 0 Å². The molecule has 5 nitrogen and oxygen atoms in total. The van der Waals surface area contributed by atoms with Crippen LogP contribution in [0.25, 0.3) is 0 Å². The molecule has 4 N–H and O–H groups in total.